The molecule has 1 aliphatic heterocycles. The van der Waals surface area contributed by atoms with Crippen molar-refractivity contribution in [2.75, 3.05) is 20.1 Å². The number of likely N-dealkylation sites (tertiary alicyclic amines) is 1. The van der Waals surface area contributed by atoms with Crippen LogP contribution in [0.2, 0.25) is 0 Å². The van der Waals surface area contributed by atoms with Crippen LogP contribution in [-0.2, 0) is 11.2 Å². The van der Waals surface area contributed by atoms with Crippen LogP contribution in [0.4, 0.5) is 0 Å². The molecule has 0 aromatic carbocycles. The molecule has 15 heavy (non-hydrogen) atoms. The third kappa shape index (κ3) is 2.15. The topological polar surface area (TPSA) is 71.3 Å². The summed E-state index contributed by atoms with van der Waals surface area (Å²) in [4.78, 5) is 17.4. The maximum atomic E-state index is 11.7. The summed E-state index contributed by atoms with van der Waals surface area (Å²) >= 11 is 0. The van der Waals surface area contributed by atoms with Crippen molar-refractivity contribution in [3.05, 3.63) is 12.2 Å². The molecule has 1 aromatic heterocycles. The lowest BCUT2D eigenvalue weighted by atomic mass is 10.3. The smallest absolute Gasteiger partial charge is 0.239 e. The summed E-state index contributed by atoms with van der Waals surface area (Å²) in [5, 5.41) is 6.70. The van der Waals surface area contributed by atoms with E-state index in [4.69, 9.17) is 0 Å². The fourth-order valence-corrected chi connectivity index (χ4v) is 1.77. The molecule has 2 rings (SSSR count). The second-order valence-corrected chi connectivity index (χ2v) is 3.55. The first-order valence-corrected chi connectivity index (χ1v) is 5.02. The van der Waals surface area contributed by atoms with E-state index >= 15 is 0 Å². The first-order chi connectivity index (χ1) is 7.31. The van der Waals surface area contributed by atoms with Gasteiger partial charge in [-0.15, -0.1) is 0 Å². The fourth-order valence-electron chi connectivity index (χ4n) is 1.77. The van der Waals surface area contributed by atoms with Crippen molar-refractivity contribution in [1.82, 2.24) is 20.4 Å². The first-order valence-electron chi connectivity index (χ1n) is 5.02. The molecule has 1 amide bonds. The molecule has 2 heterocycles. The summed E-state index contributed by atoms with van der Waals surface area (Å²) in [5.41, 5.74) is 0. The molecule has 1 unspecified atom stereocenters. The average molecular weight is 210 g/mol. The number of amides is 1. The van der Waals surface area contributed by atoms with Crippen LogP contribution in [0.5, 0.6) is 0 Å². The van der Waals surface area contributed by atoms with E-state index in [9.17, 15) is 4.79 Å². The van der Waals surface area contributed by atoms with E-state index in [1.807, 2.05) is 11.9 Å². The molecule has 0 bridgehead atoms. The molecule has 1 atom stereocenters. The average Bonchev–Trinajstić information content (AvgIpc) is 2.85. The second-order valence-electron chi connectivity index (χ2n) is 3.55. The maximum absolute atomic E-state index is 11.7. The van der Waals surface area contributed by atoms with E-state index in [2.05, 4.69) is 20.0 Å². The Bertz CT molecular complexity index is 325. The Morgan fingerprint density at radius 1 is 1.73 bits per heavy atom. The fraction of sp³-hybridized carbons (Fsp3) is 0.667. The molecule has 1 fully saturated rings. The maximum Gasteiger partial charge on any atom is 0.239 e. The Labute approximate surface area is 87.6 Å². The number of carbonyl (C=O) groups excluding carboxylic acids is 1. The third-order valence-corrected chi connectivity index (χ3v) is 2.66. The van der Waals surface area contributed by atoms with Crippen molar-refractivity contribution in [3.63, 3.8) is 0 Å². The molecule has 1 aromatic rings. The molecule has 0 aliphatic carbocycles. The van der Waals surface area contributed by atoms with Gasteiger partial charge in [0.05, 0.1) is 6.04 Å². The highest BCUT2D eigenvalue weighted by molar-refractivity contribution is 5.83. The van der Waals surface area contributed by atoms with Gasteiger partial charge < -0.3 is 14.7 Å². The highest BCUT2D eigenvalue weighted by Crippen LogP contribution is 2.10. The van der Waals surface area contributed by atoms with Crippen LogP contribution in [0.15, 0.2) is 10.9 Å². The monoisotopic (exact) mass is 210 g/mol. The Morgan fingerprint density at radius 3 is 3.20 bits per heavy atom. The number of aromatic nitrogens is 2. The van der Waals surface area contributed by atoms with E-state index in [-0.39, 0.29) is 11.9 Å². The molecular weight excluding hydrogens is 196 g/mol. The Balaban J connectivity index is 1.84. The lowest BCUT2D eigenvalue weighted by molar-refractivity contribution is -0.129. The lowest BCUT2D eigenvalue weighted by Gasteiger charge is -2.15. The molecule has 1 N–H and O–H groups in total. The van der Waals surface area contributed by atoms with Gasteiger partial charge in [0, 0.05) is 19.5 Å². The van der Waals surface area contributed by atoms with Crippen LogP contribution in [0.25, 0.3) is 0 Å². The zero-order chi connectivity index (χ0) is 10.7. The van der Waals surface area contributed by atoms with E-state index < -0.39 is 0 Å². The summed E-state index contributed by atoms with van der Waals surface area (Å²) in [5.74, 6) is 0.816. The van der Waals surface area contributed by atoms with Crippen LogP contribution >= 0.6 is 0 Å². The summed E-state index contributed by atoms with van der Waals surface area (Å²) in [6.45, 7) is 1.47. The Hall–Kier alpha value is -1.43. The SMILES string of the molecule is CNC1CCN(CCc2ncon2)C1=O. The molecule has 6 nitrogen and oxygen atoms in total. The van der Waals surface area contributed by atoms with Gasteiger partial charge >= 0.3 is 0 Å². The molecular formula is C9H14N4O2. The molecule has 6 heteroatoms. The van der Waals surface area contributed by atoms with Gasteiger partial charge in [-0.3, -0.25) is 4.79 Å². The molecule has 0 radical (unpaired) electrons. The van der Waals surface area contributed by atoms with Gasteiger partial charge in [0.1, 0.15) is 0 Å². The molecule has 1 aliphatic rings. The minimum atomic E-state index is -0.0183. The molecule has 1 saturated heterocycles. The van der Waals surface area contributed by atoms with Gasteiger partial charge in [-0.25, -0.2) is 0 Å². The van der Waals surface area contributed by atoms with Gasteiger partial charge in [0.25, 0.3) is 0 Å². The Kier molecular flexibility index (Phi) is 2.96. The van der Waals surface area contributed by atoms with Crippen LogP contribution in [-0.4, -0.2) is 47.1 Å². The number of hydrogen-bond donors (Lipinski definition) is 1. The summed E-state index contributed by atoms with van der Waals surface area (Å²) < 4.78 is 4.62. The summed E-state index contributed by atoms with van der Waals surface area (Å²) in [7, 11) is 1.81. The van der Waals surface area contributed by atoms with Crippen LogP contribution in [0.3, 0.4) is 0 Å². The van der Waals surface area contributed by atoms with E-state index in [1.165, 1.54) is 6.39 Å². The van der Waals surface area contributed by atoms with Crippen LogP contribution in [0.1, 0.15) is 12.2 Å². The number of carbonyl (C=O) groups is 1. The van der Waals surface area contributed by atoms with Gasteiger partial charge in [-0.1, -0.05) is 5.16 Å². The number of hydrogen-bond acceptors (Lipinski definition) is 5. The predicted octanol–water partition coefficient (Wildman–Crippen LogP) is -0.568. The highest BCUT2D eigenvalue weighted by atomic mass is 16.5. The molecule has 0 saturated carbocycles. The van der Waals surface area contributed by atoms with Gasteiger partial charge in [-0.2, -0.15) is 4.98 Å². The zero-order valence-electron chi connectivity index (χ0n) is 8.64. The molecule has 0 spiro atoms. The van der Waals surface area contributed by atoms with E-state index in [1.54, 1.807) is 0 Å². The van der Waals surface area contributed by atoms with Crippen molar-refractivity contribution < 1.29 is 9.32 Å². The van der Waals surface area contributed by atoms with Crippen molar-refractivity contribution in [2.45, 2.75) is 18.9 Å². The predicted molar refractivity (Wildman–Crippen MR) is 52.0 cm³/mol. The standard InChI is InChI=1S/C9H14N4O2/c1-10-7-2-4-13(9(7)14)5-3-8-11-6-15-12-8/h6-7,10H,2-5H2,1H3. The van der Waals surface area contributed by atoms with Crippen LogP contribution < -0.4 is 5.32 Å². The lowest BCUT2D eigenvalue weighted by Crippen LogP contribution is -2.37. The van der Waals surface area contributed by atoms with Crippen molar-refractivity contribution in [2.24, 2.45) is 0 Å². The van der Waals surface area contributed by atoms with Gasteiger partial charge in [-0.05, 0) is 13.5 Å². The van der Waals surface area contributed by atoms with E-state index in [0.29, 0.717) is 18.8 Å². The van der Waals surface area contributed by atoms with Crippen molar-refractivity contribution >= 4 is 5.91 Å². The largest absolute Gasteiger partial charge is 0.343 e. The van der Waals surface area contributed by atoms with Crippen molar-refractivity contribution in [1.29, 1.82) is 0 Å². The number of rotatable bonds is 4. The minimum absolute atomic E-state index is 0.0183. The van der Waals surface area contributed by atoms with Gasteiger partial charge in [0.15, 0.2) is 5.82 Å². The zero-order valence-corrected chi connectivity index (χ0v) is 8.64. The third-order valence-electron chi connectivity index (χ3n) is 2.66. The normalized spacial score (nSPS) is 21.3. The minimum Gasteiger partial charge on any atom is -0.343 e. The Morgan fingerprint density at radius 2 is 2.60 bits per heavy atom. The summed E-state index contributed by atoms with van der Waals surface area (Å²) in [6, 6.07) is -0.0183. The summed E-state index contributed by atoms with van der Waals surface area (Å²) in [6.07, 6.45) is 2.83. The molecule has 82 valence electrons. The van der Waals surface area contributed by atoms with Crippen molar-refractivity contribution in [3.8, 4) is 0 Å². The quantitative estimate of drug-likeness (QED) is 0.720. The number of nitrogens with one attached hydrogen (secondary N) is 1. The number of nitrogens with zero attached hydrogens (tertiary/aromatic N) is 3. The highest BCUT2D eigenvalue weighted by Gasteiger charge is 2.29. The second kappa shape index (κ2) is 4.39. The van der Waals surface area contributed by atoms with E-state index in [0.717, 1.165) is 13.0 Å². The number of likely N-dealkylation sites (N-methyl/N-ethyl adjacent to an activating group) is 1. The van der Waals surface area contributed by atoms with Crippen LogP contribution in [0, 0.1) is 0 Å². The first kappa shape index (κ1) is 10.1. The van der Waals surface area contributed by atoms with Gasteiger partial charge in [0.2, 0.25) is 12.3 Å².